The van der Waals surface area contributed by atoms with Gasteiger partial charge in [-0.1, -0.05) is 0 Å². The highest BCUT2D eigenvalue weighted by Crippen LogP contribution is 2.29. The molecule has 0 fully saturated rings. The minimum Gasteiger partial charge on any atom is -0.354 e. The van der Waals surface area contributed by atoms with Gasteiger partial charge in [0.15, 0.2) is 0 Å². The highest BCUT2D eigenvalue weighted by Gasteiger charge is 2.10. The molecule has 0 radical (unpaired) electrons. The molecule has 0 unspecified atom stereocenters. The number of hydrogen-bond acceptors (Lipinski definition) is 3. The topological polar surface area (TPSA) is 48.7 Å². The van der Waals surface area contributed by atoms with Gasteiger partial charge < -0.3 is 5.32 Å². The lowest BCUT2D eigenvalue weighted by atomic mass is 10.1. The molecule has 0 amide bonds. The van der Waals surface area contributed by atoms with E-state index in [1.807, 2.05) is 6.07 Å². The molecule has 0 atom stereocenters. The molecular formula is C16H10ClF2N3. The van der Waals surface area contributed by atoms with Crippen LogP contribution in [0.25, 0.3) is 10.9 Å². The smallest absolute Gasteiger partial charge is 0.124 e. The summed E-state index contributed by atoms with van der Waals surface area (Å²) in [6.07, 6.45) is 1.42. The lowest BCUT2D eigenvalue weighted by Crippen LogP contribution is -1.97. The number of fused-ring (bicyclic) bond motifs is 1. The molecule has 3 rings (SSSR count). The molecular weight excluding hydrogens is 308 g/mol. The number of nitrogens with zero attached hydrogens (tertiary/aromatic N) is 2. The highest BCUT2D eigenvalue weighted by atomic mass is 35.5. The third kappa shape index (κ3) is 2.97. The van der Waals surface area contributed by atoms with Crippen molar-refractivity contribution in [2.45, 2.75) is 0 Å². The molecule has 0 saturated heterocycles. The predicted octanol–water partition coefficient (Wildman–Crippen LogP) is 4.55. The first-order chi connectivity index (χ1) is 10.2. The number of halogens is 3. The monoisotopic (exact) mass is 317 g/mol. The summed E-state index contributed by atoms with van der Waals surface area (Å²) in [5, 5.41) is 12.7. The lowest BCUT2D eigenvalue weighted by Gasteiger charge is -2.11. The van der Waals surface area contributed by atoms with E-state index in [0.717, 1.165) is 0 Å². The van der Waals surface area contributed by atoms with Crippen molar-refractivity contribution in [2.24, 2.45) is 0 Å². The van der Waals surface area contributed by atoms with E-state index in [1.165, 1.54) is 30.5 Å². The zero-order valence-electron chi connectivity index (χ0n) is 11.2. The summed E-state index contributed by atoms with van der Waals surface area (Å²) in [6, 6.07) is 11.9. The average molecular weight is 318 g/mol. The molecule has 0 saturated carbocycles. The first-order valence-corrected chi connectivity index (χ1v) is 6.18. The van der Waals surface area contributed by atoms with Crippen molar-refractivity contribution in [3.8, 4) is 6.07 Å². The van der Waals surface area contributed by atoms with Gasteiger partial charge in [-0.25, -0.2) is 8.78 Å². The van der Waals surface area contributed by atoms with E-state index < -0.39 is 5.82 Å². The Morgan fingerprint density at radius 3 is 2.36 bits per heavy atom. The van der Waals surface area contributed by atoms with E-state index in [4.69, 9.17) is 0 Å². The van der Waals surface area contributed by atoms with Crippen LogP contribution in [0.4, 0.5) is 20.2 Å². The number of pyridine rings is 1. The van der Waals surface area contributed by atoms with Gasteiger partial charge in [-0.05, 0) is 42.5 Å². The van der Waals surface area contributed by atoms with Crippen LogP contribution in [0, 0.1) is 23.0 Å². The van der Waals surface area contributed by atoms with E-state index >= 15 is 0 Å². The molecule has 1 aromatic heterocycles. The average Bonchev–Trinajstić information content (AvgIpc) is 2.50. The van der Waals surface area contributed by atoms with Gasteiger partial charge in [0.1, 0.15) is 17.7 Å². The molecule has 0 aliphatic carbocycles. The van der Waals surface area contributed by atoms with Crippen LogP contribution in [0.15, 0.2) is 48.7 Å². The van der Waals surface area contributed by atoms with Crippen LogP contribution >= 0.6 is 12.4 Å². The van der Waals surface area contributed by atoms with Gasteiger partial charge in [-0.15, -0.1) is 12.4 Å². The number of nitrogens with one attached hydrogen (secondary N) is 1. The molecule has 0 spiro atoms. The van der Waals surface area contributed by atoms with Gasteiger partial charge in [-0.2, -0.15) is 5.26 Å². The summed E-state index contributed by atoms with van der Waals surface area (Å²) >= 11 is 0. The minimum atomic E-state index is -0.415. The molecule has 1 heterocycles. The second-order valence-electron chi connectivity index (χ2n) is 4.45. The molecule has 0 aliphatic heterocycles. The number of hydrogen-bond donors (Lipinski definition) is 1. The summed E-state index contributed by atoms with van der Waals surface area (Å²) in [7, 11) is 0. The zero-order valence-corrected chi connectivity index (χ0v) is 12.0. The van der Waals surface area contributed by atoms with E-state index in [1.54, 1.807) is 18.2 Å². The van der Waals surface area contributed by atoms with Crippen molar-refractivity contribution in [2.75, 3.05) is 5.32 Å². The molecule has 6 heteroatoms. The van der Waals surface area contributed by atoms with Crippen molar-refractivity contribution in [1.82, 2.24) is 4.98 Å². The van der Waals surface area contributed by atoms with Crippen LogP contribution in [0.1, 0.15) is 5.56 Å². The third-order valence-electron chi connectivity index (χ3n) is 3.06. The standard InChI is InChI=1S/C16H9F2N3.ClH/c17-11-1-4-13(5-2-11)21-16-10(8-19)9-20-15-6-3-12(18)7-14(15)16;/h1-7,9H,(H,20,21);1H. The Kier molecular flexibility index (Phi) is 4.54. The number of aromatic nitrogens is 1. The maximum Gasteiger partial charge on any atom is 0.124 e. The van der Waals surface area contributed by atoms with Crippen LogP contribution < -0.4 is 5.32 Å². The molecule has 3 nitrogen and oxygen atoms in total. The quantitative estimate of drug-likeness (QED) is 0.754. The van der Waals surface area contributed by atoms with Gasteiger partial charge in [0.05, 0.1) is 16.8 Å². The van der Waals surface area contributed by atoms with Gasteiger partial charge in [-0.3, -0.25) is 4.98 Å². The van der Waals surface area contributed by atoms with Crippen LogP contribution in [0.5, 0.6) is 0 Å². The van der Waals surface area contributed by atoms with Crippen LogP contribution in [-0.4, -0.2) is 4.98 Å². The van der Waals surface area contributed by atoms with Crippen molar-refractivity contribution < 1.29 is 8.78 Å². The Balaban J connectivity index is 0.00000176. The van der Waals surface area contributed by atoms with E-state index in [-0.39, 0.29) is 23.8 Å². The Bertz CT molecular complexity index is 858. The maximum absolute atomic E-state index is 13.5. The second-order valence-corrected chi connectivity index (χ2v) is 4.45. The molecule has 110 valence electrons. The number of rotatable bonds is 2. The van der Waals surface area contributed by atoms with Crippen molar-refractivity contribution in [3.63, 3.8) is 0 Å². The van der Waals surface area contributed by atoms with Crippen molar-refractivity contribution in [1.29, 1.82) is 5.26 Å². The normalized spacial score (nSPS) is 9.86. The van der Waals surface area contributed by atoms with Crippen LogP contribution in [0.3, 0.4) is 0 Å². The summed E-state index contributed by atoms with van der Waals surface area (Å²) < 4.78 is 26.4. The molecule has 0 aliphatic rings. The Labute approximate surface area is 131 Å². The second kappa shape index (κ2) is 6.37. The van der Waals surface area contributed by atoms with E-state index in [9.17, 15) is 14.0 Å². The minimum absolute atomic E-state index is 0. The molecule has 1 N–H and O–H groups in total. The number of nitriles is 1. The van der Waals surface area contributed by atoms with Crippen molar-refractivity contribution in [3.05, 3.63) is 65.9 Å². The summed E-state index contributed by atoms with van der Waals surface area (Å²) in [4.78, 5) is 4.12. The van der Waals surface area contributed by atoms with Gasteiger partial charge >= 0.3 is 0 Å². The van der Waals surface area contributed by atoms with E-state index in [2.05, 4.69) is 10.3 Å². The zero-order chi connectivity index (χ0) is 14.8. The highest BCUT2D eigenvalue weighted by molar-refractivity contribution is 5.95. The fourth-order valence-electron chi connectivity index (χ4n) is 2.06. The third-order valence-corrected chi connectivity index (χ3v) is 3.06. The Morgan fingerprint density at radius 1 is 1.00 bits per heavy atom. The molecule has 0 bridgehead atoms. The number of anilines is 2. The predicted molar refractivity (Wildman–Crippen MR) is 83.3 cm³/mol. The largest absolute Gasteiger partial charge is 0.354 e. The van der Waals surface area contributed by atoms with Crippen LogP contribution in [0.2, 0.25) is 0 Å². The fraction of sp³-hybridized carbons (Fsp3) is 0. The maximum atomic E-state index is 13.5. The fourth-order valence-corrected chi connectivity index (χ4v) is 2.06. The van der Waals surface area contributed by atoms with E-state index in [0.29, 0.717) is 22.3 Å². The Hall–Kier alpha value is -2.71. The number of benzene rings is 2. The Morgan fingerprint density at radius 2 is 1.68 bits per heavy atom. The van der Waals surface area contributed by atoms with Crippen LogP contribution in [-0.2, 0) is 0 Å². The first kappa shape index (κ1) is 15.7. The van der Waals surface area contributed by atoms with Gasteiger partial charge in [0, 0.05) is 17.3 Å². The summed E-state index contributed by atoms with van der Waals surface area (Å²) in [5.74, 6) is -0.770. The first-order valence-electron chi connectivity index (χ1n) is 6.18. The molecule has 2 aromatic carbocycles. The summed E-state index contributed by atoms with van der Waals surface area (Å²) in [5.41, 5.74) is 1.91. The van der Waals surface area contributed by atoms with Crippen molar-refractivity contribution >= 4 is 34.7 Å². The molecule has 3 aromatic rings. The lowest BCUT2D eigenvalue weighted by molar-refractivity contribution is 0.628. The van der Waals surface area contributed by atoms with Gasteiger partial charge in [0.2, 0.25) is 0 Å². The summed E-state index contributed by atoms with van der Waals surface area (Å²) in [6.45, 7) is 0. The SMILES string of the molecule is Cl.N#Cc1cnc2ccc(F)cc2c1Nc1ccc(F)cc1. The van der Waals surface area contributed by atoms with Gasteiger partial charge in [0.25, 0.3) is 0 Å². The molecule has 22 heavy (non-hydrogen) atoms.